The minimum Gasteiger partial charge on any atom is -0.449 e. The maximum Gasteiger partial charge on any atom is 0.409 e. The van der Waals surface area contributed by atoms with E-state index in [2.05, 4.69) is 48.0 Å². The fraction of sp³-hybridized carbons (Fsp3) is 0.609. The number of aryl methyl sites for hydroxylation is 1. The number of rotatable bonds is 3. The van der Waals surface area contributed by atoms with Gasteiger partial charge < -0.3 is 19.1 Å². The molecule has 0 bridgehead atoms. The van der Waals surface area contributed by atoms with Crippen molar-refractivity contribution < 1.29 is 9.53 Å². The molecule has 2 aromatic rings. The lowest BCUT2D eigenvalue weighted by Crippen LogP contribution is -2.49. The van der Waals surface area contributed by atoms with Gasteiger partial charge in [0.25, 0.3) is 0 Å². The van der Waals surface area contributed by atoms with Crippen molar-refractivity contribution in [3.05, 3.63) is 29.3 Å². The molecule has 2 fully saturated rings. The average molecular weight is 414 g/mol. The fourth-order valence-corrected chi connectivity index (χ4v) is 6.73. The molecule has 6 heteroatoms. The van der Waals surface area contributed by atoms with Crippen LogP contribution in [0.1, 0.15) is 36.3 Å². The van der Waals surface area contributed by atoms with Crippen LogP contribution in [0.15, 0.2) is 23.2 Å². The van der Waals surface area contributed by atoms with Gasteiger partial charge in [-0.1, -0.05) is 12.1 Å². The largest absolute Gasteiger partial charge is 0.449 e. The number of likely N-dealkylation sites (N-methyl/N-ethyl adjacent to an activating group) is 1. The van der Waals surface area contributed by atoms with Gasteiger partial charge in [0.1, 0.15) is 0 Å². The number of hydrogen-bond donors (Lipinski definition) is 0. The first-order valence-electron chi connectivity index (χ1n) is 10.8. The summed E-state index contributed by atoms with van der Waals surface area (Å²) in [6, 6.07) is 7.33. The standard InChI is InChI=1S/C23H31N3O2S/c1-24-13-15(14-28-23(27)26-9-4-5-10-26)11-17-16-7-6-8-19-21(16)18(12-20(17)24)22(29-3)25(19)2/h6-8,15,17,20H,4-5,9-14H2,1-3H3/t15?,17-,20-/m1/s1. The Kier molecular flexibility index (Phi) is 5.03. The molecule has 0 spiro atoms. The van der Waals surface area contributed by atoms with Gasteiger partial charge in [-0.2, -0.15) is 0 Å². The van der Waals surface area contributed by atoms with Crippen molar-refractivity contribution in [1.29, 1.82) is 0 Å². The van der Waals surface area contributed by atoms with E-state index in [0.717, 1.165) is 45.3 Å². The second-order valence-corrected chi connectivity index (χ2v) is 9.77. The Morgan fingerprint density at radius 2 is 2.03 bits per heavy atom. The van der Waals surface area contributed by atoms with E-state index in [0.29, 0.717) is 24.5 Å². The van der Waals surface area contributed by atoms with Gasteiger partial charge in [-0.3, -0.25) is 0 Å². The number of amides is 1. The van der Waals surface area contributed by atoms with E-state index in [1.165, 1.54) is 27.1 Å². The van der Waals surface area contributed by atoms with Gasteiger partial charge >= 0.3 is 6.09 Å². The number of aromatic nitrogens is 1. The number of thioether (sulfide) groups is 1. The first-order chi connectivity index (χ1) is 14.1. The van der Waals surface area contributed by atoms with E-state index in [9.17, 15) is 4.79 Å². The fourth-order valence-electron chi connectivity index (χ4n) is 5.93. The van der Waals surface area contributed by atoms with Crippen LogP contribution in [0.5, 0.6) is 0 Å². The molecule has 1 amide bonds. The number of piperidine rings is 1. The zero-order valence-corrected chi connectivity index (χ0v) is 18.5. The average Bonchev–Trinajstić information content (AvgIpc) is 3.35. The van der Waals surface area contributed by atoms with Gasteiger partial charge in [0.05, 0.1) is 11.6 Å². The molecule has 1 aromatic carbocycles. The van der Waals surface area contributed by atoms with Gasteiger partial charge in [-0.05, 0) is 56.2 Å². The lowest BCUT2D eigenvalue weighted by Gasteiger charge is -2.45. The van der Waals surface area contributed by atoms with Crippen LogP contribution in [0, 0.1) is 5.92 Å². The summed E-state index contributed by atoms with van der Waals surface area (Å²) in [7, 11) is 4.44. The quantitative estimate of drug-likeness (QED) is 0.711. The smallest absolute Gasteiger partial charge is 0.409 e. The number of nitrogens with zero attached hydrogens (tertiary/aromatic N) is 3. The predicted octanol–water partition coefficient (Wildman–Crippen LogP) is 4.09. The predicted molar refractivity (Wildman–Crippen MR) is 118 cm³/mol. The molecule has 1 aromatic heterocycles. The van der Waals surface area contributed by atoms with Crippen molar-refractivity contribution in [3.8, 4) is 0 Å². The topological polar surface area (TPSA) is 37.7 Å². The second-order valence-electron chi connectivity index (χ2n) is 8.98. The Morgan fingerprint density at radius 3 is 2.79 bits per heavy atom. The first-order valence-corrected chi connectivity index (χ1v) is 12.1. The molecule has 0 saturated carbocycles. The number of likely N-dealkylation sites (tertiary alicyclic amines) is 2. The van der Waals surface area contributed by atoms with Crippen molar-refractivity contribution in [2.45, 2.75) is 42.7 Å². The first kappa shape index (κ1) is 19.3. The van der Waals surface area contributed by atoms with Gasteiger partial charge in [-0.25, -0.2) is 4.79 Å². The summed E-state index contributed by atoms with van der Waals surface area (Å²) < 4.78 is 8.10. The normalized spacial score (nSPS) is 26.7. The summed E-state index contributed by atoms with van der Waals surface area (Å²) in [4.78, 5) is 16.7. The molecular weight excluding hydrogens is 382 g/mol. The van der Waals surface area contributed by atoms with Gasteiger partial charge in [-0.15, -0.1) is 11.8 Å². The highest BCUT2D eigenvalue weighted by Crippen LogP contribution is 2.47. The van der Waals surface area contributed by atoms with Crippen molar-refractivity contribution in [3.63, 3.8) is 0 Å². The zero-order chi connectivity index (χ0) is 20.1. The van der Waals surface area contributed by atoms with E-state index in [4.69, 9.17) is 4.74 Å². The number of carbonyl (C=O) groups is 1. The van der Waals surface area contributed by atoms with Gasteiger partial charge in [0.2, 0.25) is 0 Å². The minimum absolute atomic E-state index is 0.118. The summed E-state index contributed by atoms with van der Waals surface area (Å²) in [6.07, 6.45) is 6.49. The highest BCUT2D eigenvalue weighted by Gasteiger charge is 2.41. The van der Waals surface area contributed by atoms with Crippen molar-refractivity contribution in [2.75, 3.05) is 39.5 Å². The Labute approximate surface area is 177 Å². The van der Waals surface area contributed by atoms with Crippen LogP contribution in [0.4, 0.5) is 4.79 Å². The molecule has 5 nitrogen and oxygen atoms in total. The molecule has 2 aliphatic heterocycles. The summed E-state index contributed by atoms with van der Waals surface area (Å²) in [5.74, 6) is 0.908. The Bertz CT molecular complexity index is 934. The third-order valence-corrected chi connectivity index (χ3v) is 8.18. The van der Waals surface area contributed by atoms with Crippen LogP contribution >= 0.6 is 11.8 Å². The monoisotopic (exact) mass is 413 g/mol. The van der Waals surface area contributed by atoms with Crippen LogP contribution < -0.4 is 0 Å². The van der Waals surface area contributed by atoms with E-state index in [-0.39, 0.29) is 6.09 Å². The third-order valence-electron chi connectivity index (χ3n) is 7.28. The molecule has 3 atom stereocenters. The number of hydrogen-bond acceptors (Lipinski definition) is 4. The van der Waals surface area contributed by atoms with Gasteiger partial charge in [0.15, 0.2) is 0 Å². The summed E-state index contributed by atoms with van der Waals surface area (Å²) >= 11 is 1.86. The Hall–Kier alpha value is -1.66. The van der Waals surface area contributed by atoms with Crippen LogP contribution in [-0.2, 0) is 18.2 Å². The molecule has 0 radical (unpaired) electrons. The zero-order valence-electron chi connectivity index (χ0n) is 17.7. The van der Waals surface area contributed by atoms with Crippen LogP contribution in [0.2, 0.25) is 0 Å². The number of carbonyl (C=O) groups excluding carboxylic acids is 1. The number of fused-ring (bicyclic) bond motifs is 2. The van der Waals surface area contributed by atoms with Crippen molar-refractivity contribution in [2.24, 2.45) is 13.0 Å². The Balaban J connectivity index is 1.40. The molecule has 1 unspecified atom stereocenters. The number of benzene rings is 1. The van der Waals surface area contributed by atoms with E-state index < -0.39 is 0 Å². The molecule has 2 saturated heterocycles. The van der Waals surface area contributed by atoms with E-state index >= 15 is 0 Å². The van der Waals surface area contributed by atoms with E-state index in [1.54, 1.807) is 0 Å². The minimum atomic E-state index is -0.118. The van der Waals surface area contributed by atoms with E-state index in [1.807, 2.05) is 16.7 Å². The summed E-state index contributed by atoms with van der Waals surface area (Å²) in [5.41, 5.74) is 4.37. The lowest BCUT2D eigenvalue weighted by atomic mass is 9.72. The molecular formula is C23H31N3O2S. The van der Waals surface area contributed by atoms with Crippen LogP contribution in [0.25, 0.3) is 10.9 Å². The lowest BCUT2D eigenvalue weighted by molar-refractivity contribution is 0.0498. The summed E-state index contributed by atoms with van der Waals surface area (Å²) in [5, 5.41) is 2.88. The van der Waals surface area contributed by atoms with Crippen LogP contribution in [0.3, 0.4) is 0 Å². The molecule has 3 aliphatic rings. The molecule has 156 valence electrons. The van der Waals surface area contributed by atoms with Crippen LogP contribution in [-0.4, -0.2) is 66.0 Å². The highest BCUT2D eigenvalue weighted by molar-refractivity contribution is 7.98. The molecule has 0 N–H and O–H groups in total. The maximum atomic E-state index is 12.3. The SMILES string of the molecule is CSc1c2c3c(cccc3n1C)[C@H]1CC(COC(=O)N3CCCC3)CN(C)[C@@H]1C2. The molecule has 3 heterocycles. The third kappa shape index (κ3) is 3.15. The highest BCUT2D eigenvalue weighted by atomic mass is 32.2. The van der Waals surface area contributed by atoms with Crippen molar-refractivity contribution >= 4 is 28.8 Å². The summed E-state index contributed by atoms with van der Waals surface area (Å²) in [6.45, 7) is 3.24. The Morgan fingerprint density at radius 1 is 1.24 bits per heavy atom. The maximum absolute atomic E-state index is 12.3. The number of ether oxygens (including phenoxy) is 1. The second kappa shape index (κ2) is 7.55. The molecule has 1 aliphatic carbocycles. The molecule has 29 heavy (non-hydrogen) atoms. The van der Waals surface area contributed by atoms with Gasteiger partial charge in [0, 0.05) is 55.5 Å². The molecule has 5 rings (SSSR count). The van der Waals surface area contributed by atoms with Crippen molar-refractivity contribution in [1.82, 2.24) is 14.4 Å².